The minimum Gasteiger partial charge on any atom is -0.496 e. The Labute approximate surface area is 98.3 Å². The number of hydrogen-bond donors (Lipinski definition) is 1. The largest absolute Gasteiger partial charge is 0.496 e. The van der Waals surface area contributed by atoms with E-state index >= 15 is 0 Å². The summed E-state index contributed by atoms with van der Waals surface area (Å²) in [6.45, 7) is 7.03. The standard InChI is InChI=1S/C14H21NO/c1-5-14(2,11-15-3)10-12-8-6-7-9-13(12)16-4/h5-9,15H,1,10-11H2,2-4H3. The van der Waals surface area contributed by atoms with E-state index in [9.17, 15) is 0 Å². The Morgan fingerprint density at radius 2 is 2.12 bits per heavy atom. The molecule has 0 aromatic heterocycles. The van der Waals surface area contributed by atoms with Crippen LogP contribution in [-0.4, -0.2) is 20.7 Å². The topological polar surface area (TPSA) is 21.3 Å². The van der Waals surface area contributed by atoms with E-state index in [1.807, 2.05) is 31.3 Å². The number of para-hydroxylation sites is 1. The fourth-order valence-corrected chi connectivity index (χ4v) is 1.89. The Kier molecular flexibility index (Phi) is 4.56. The highest BCUT2D eigenvalue weighted by atomic mass is 16.5. The van der Waals surface area contributed by atoms with Crippen LogP contribution >= 0.6 is 0 Å². The van der Waals surface area contributed by atoms with E-state index in [-0.39, 0.29) is 5.41 Å². The molecule has 1 atom stereocenters. The van der Waals surface area contributed by atoms with Gasteiger partial charge in [-0.15, -0.1) is 6.58 Å². The summed E-state index contributed by atoms with van der Waals surface area (Å²) in [7, 11) is 3.67. The summed E-state index contributed by atoms with van der Waals surface area (Å²) in [4.78, 5) is 0. The fraction of sp³-hybridized carbons (Fsp3) is 0.429. The lowest BCUT2D eigenvalue weighted by molar-refractivity contribution is 0.378. The third-order valence-corrected chi connectivity index (χ3v) is 2.86. The van der Waals surface area contributed by atoms with Gasteiger partial charge >= 0.3 is 0 Å². The van der Waals surface area contributed by atoms with Crippen LogP contribution in [0.4, 0.5) is 0 Å². The molecule has 1 rings (SSSR count). The highest BCUT2D eigenvalue weighted by Crippen LogP contribution is 2.28. The Hall–Kier alpha value is -1.28. The van der Waals surface area contributed by atoms with Gasteiger partial charge in [-0.2, -0.15) is 0 Å². The molecule has 1 aromatic rings. The van der Waals surface area contributed by atoms with E-state index in [1.54, 1.807) is 7.11 Å². The quantitative estimate of drug-likeness (QED) is 0.743. The van der Waals surface area contributed by atoms with Gasteiger partial charge in [0.15, 0.2) is 0 Å². The molecule has 16 heavy (non-hydrogen) atoms. The van der Waals surface area contributed by atoms with Gasteiger partial charge in [0.25, 0.3) is 0 Å². The maximum Gasteiger partial charge on any atom is 0.122 e. The molecule has 0 aliphatic carbocycles. The zero-order valence-corrected chi connectivity index (χ0v) is 10.4. The smallest absolute Gasteiger partial charge is 0.122 e. The van der Waals surface area contributed by atoms with Gasteiger partial charge in [0.1, 0.15) is 5.75 Å². The van der Waals surface area contributed by atoms with Crippen molar-refractivity contribution in [2.45, 2.75) is 13.3 Å². The van der Waals surface area contributed by atoms with Crippen LogP contribution in [0.25, 0.3) is 0 Å². The number of methoxy groups -OCH3 is 1. The first kappa shape index (κ1) is 12.8. The van der Waals surface area contributed by atoms with Gasteiger partial charge in [-0.3, -0.25) is 0 Å². The van der Waals surface area contributed by atoms with E-state index in [4.69, 9.17) is 4.74 Å². The summed E-state index contributed by atoms with van der Waals surface area (Å²) in [6.07, 6.45) is 2.94. The van der Waals surface area contributed by atoms with Gasteiger partial charge < -0.3 is 10.1 Å². The van der Waals surface area contributed by atoms with Crippen molar-refractivity contribution in [3.8, 4) is 5.75 Å². The maximum atomic E-state index is 5.36. The molecule has 1 N–H and O–H groups in total. The summed E-state index contributed by atoms with van der Waals surface area (Å²) in [5, 5.41) is 3.20. The summed E-state index contributed by atoms with van der Waals surface area (Å²) in [6, 6.07) is 8.14. The molecule has 0 aliphatic heterocycles. The van der Waals surface area contributed by atoms with Gasteiger partial charge in [0.05, 0.1) is 7.11 Å². The molecule has 0 saturated carbocycles. The highest BCUT2D eigenvalue weighted by molar-refractivity contribution is 5.34. The van der Waals surface area contributed by atoms with Crippen LogP contribution in [-0.2, 0) is 6.42 Å². The van der Waals surface area contributed by atoms with Crippen LogP contribution in [0.15, 0.2) is 36.9 Å². The van der Waals surface area contributed by atoms with Gasteiger partial charge in [0.2, 0.25) is 0 Å². The van der Waals surface area contributed by atoms with Crippen molar-refractivity contribution in [2.75, 3.05) is 20.7 Å². The summed E-state index contributed by atoms with van der Waals surface area (Å²) < 4.78 is 5.36. The van der Waals surface area contributed by atoms with Crippen molar-refractivity contribution >= 4 is 0 Å². The minimum atomic E-state index is 0.0589. The third-order valence-electron chi connectivity index (χ3n) is 2.86. The van der Waals surface area contributed by atoms with Crippen molar-refractivity contribution in [3.63, 3.8) is 0 Å². The molecule has 0 spiro atoms. The molecular formula is C14H21NO. The molecule has 0 amide bonds. The molecule has 0 saturated heterocycles. The van der Waals surface area contributed by atoms with Crippen LogP contribution in [0.1, 0.15) is 12.5 Å². The Morgan fingerprint density at radius 3 is 2.69 bits per heavy atom. The second-order valence-electron chi connectivity index (χ2n) is 4.38. The molecular weight excluding hydrogens is 198 g/mol. The predicted octanol–water partition coefficient (Wildman–Crippen LogP) is 2.65. The van der Waals surface area contributed by atoms with Crippen LogP contribution in [0, 0.1) is 5.41 Å². The number of rotatable bonds is 6. The molecule has 2 heteroatoms. The SMILES string of the molecule is C=CC(C)(CNC)Cc1ccccc1OC. The number of benzene rings is 1. The predicted molar refractivity (Wildman–Crippen MR) is 68.9 cm³/mol. The molecule has 1 aromatic carbocycles. The summed E-state index contributed by atoms with van der Waals surface area (Å²) >= 11 is 0. The van der Waals surface area contributed by atoms with Crippen molar-refractivity contribution in [1.29, 1.82) is 0 Å². The van der Waals surface area contributed by atoms with Crippen LogP contribution in [0.5, 0.6) is 5.75 Å². The van der Waals surface area contributed by atoms with E-state index in [0.29, 0.717) is 0 Å². The molecule has 2 nitrogen and oxygen atoms in total. The maximum absolute atomic E-state index is 5.36. The average Bonchev–Trinajstić information content (AvgIpc) is 2.30. The zero-order valence-electron chi connectivity index (χ0n) is 10.4. The van der Waals surface area contributed by atoms with Crippen LogP contribution in [0.3, 0.4) is 0 Å². The number of nitrogens with one attached hydrogen (secondary N) is 1. The van der Waals surface area contributed by atoms with Crippen molar-refractivity contribution in [2.24, 2.45) is 5.41 Å². The van der Waals surface area contributed by atoms with Crippen molar-refractivity contribution < 1.29 is 4.74 Å². The van der Waals surface area contributed by atoms with Gasteiger partial charge in [0, 0.05) is 12.0 Å². The van der Waals surface area contributed by atoms with Crippen LogP contribution in [0.2, 0.25) is 0 Å². The van der Waals surface area contributed by atoms with E-state index < -0.39 is 0 Å². The van der Waals surface area contributed by atoms with Gasteiger partial charge in [-0.25, -0.2) is 0 Å². The second-order valence-corrected chi connectivity index (χ2v) is 4.38. The lowest BCUT2D eigenvalue weighted by Gasteiger charge is -2.26. The first-order valence-corrected chi connectivity index (χ1v) is 5.55. The number of ether oxygens (including phenoxy) is 1. The summed E-state index contributed by atoms with van der Waals surface area (Å²) in [5.41, 5.74) is 1.28. The Balaban J connectivity index is 2.89. The Morgan fingerprint density at radius 1 is 1.44 bits per heavy atom. The van der Waals surface area contributed by atoms with E-state index in [1.165, 1.54) is 5.56 Å². The second kappa shape index (κ2) is 5.71. The van der Waals surface area contributed by atoms with Crippen molar-refractivity contribution in [1.82, 2.24) is 5.32 Å². The first-order valence-electron chi connectivity index (χ1n) is 5.55. The van der Waals surface area contributed by atoms with E-state index in [2.05, 4.69) is 24.9 Å². The molecule has 0 bridgehead atoms. The molecule has 0 fully saturated rings. The monoisotopic (exact) mass is 219 g/mol. The minimum absolute atomic E-state index is 0.0589. The molecule has 0 heterocycles. The molecule has 88 valence electrons. The number of hydrogen-bond acceptors (Lipinski definition) is 2. The Bertz CT molecular complexity index is 348. The summed E-state index contributed by atoms with van der Waals surface area (Å²) in [5.74, 6) is 0.951. The van der Waals surface area contributed by atoms with Crippen LogP contribution < -0.4 is 10.1 Å². The lowest BCUT2D eigenvalue weighted by Crippen LogP contribution is -2.29. The lowest BCUT2D eigenvalue weighted by atomic mass is 9.83. The van der Waals surface area contributed by atoms with Gasteiger partial charge in [-0.05, 0) is 25.1 Å². The highest BCUT2D eigenvalue weighted by Gasteiger charge is 2.21. The van der Waals surface area contributed by atoms with Gasteiger partial charge in [-0.1, -0.05) is 31.2 Å². The third kappa shape index (κ3) is 3.11. The fourth-order valence-electron chi connectivity index (χ4n) is 1.89. The van der Waals surface area contributed by atoms with Crippen molar-refractivity contribution in [3.05, 3.63) is 42.5 Å². The first-order chi connectivity index (χ1) is 7.65. The average molecular weight is 219 g/mol. The molecule has 0 radical (unpaired) electrons. The van der Waals surface area contributed by atoms with E-state index in [0.717, 1.165) is 18.7 Å². The zero-order chi connectivity index (χ0) is 12.0. The normalized spacial score (nSPS) is 14.2. The molecule has 0 aliphatic rings. The molecule has 1 unspecified atom stereocenters.